The minimum absolute atomic E-state index is 0.0277. The molecule has 0 aliphatic carbocycles. The van der Waals surface area contributed by atoms with Gasteiger partial charge in [-0.15, -0.1) is 0 Å². The lowest BCUT2D eigenvalue weighted by atomic mass is 9.96. The molecule has 0 amide bonds. The van der Waals surface area contributed by atoms with Gasteiger partial charge in [-0.2, -0.15) is 0 Å². The van der Waals surface area contributed by atoms with E-state index in [4.69, 9.17) is 11.6 Å². The van der Waals surface area contributed by atoms with Gasteiger partial charge >= 0.3 is 5.97 Å². The third kappa shape index (κ3) is 2.46. The van der Waals surface area contributed by atoms with Crippen molar-refractivity contribution >= 4 is 34.2 Å². The maximum atomic E-state index is 12.6. The van der Waals surface area contributed by atoms with Crippen molar-refractivity contribution in [3.8, 4) is 0 Å². The molecule has 1 N–H and O–H groups in total. The highest BCUT2D eigenvalue weighted by atomic mass is 35.5. The molecule has 0 saturated carbocycles. The second-order valence-corrected chi connectivity index (χ2v) is 6.84. The van der Waals surface area contributed by atoms with Crippen molar-refractivity contribution in [2.24, 2.45) is 0 Å². The summed E-state index contributed by atoms with van der Waals surface area (Å²) in [5, 5.41) is 9.52. The summed E-state index contributed by atoms with van der Waals surface area (Å²) in [6.45, 7) is 0. The average molecular weight is 335 g/mol. The lowest BCUT2D eigenvalue weighted by Crippen LogP contribution is -2.11. The molecule has 22 heavy (non-hydrogen) atoms. The summed E-state index contributed by atoms with van der Waals surface area (Å²) in [5.74, 6) is -2.29. The Morgan fingerprint density at radius 2 is 1.86 bits per heavy atom. The van der Waals surface area contributed by atoms with Gasteiger partial charge in [-0.25, -0.2) is 0 Å². The Morgan fingerprint density at radius 3 is 2.50 bits per heavy atom. The van der Waals surface area contributed by atoms with Crippen LogP contribution in [0.15, 0.2) is 47.4 Å². The van der Waals surface area contributed by atoms with E-state index >= 15 is 0 Å². The second-order valence-electron chi connectivity index (χ2n) is 4.97. The number of carbonyl (C=O) groups excluding carboxylic acids is 1. The number of halogens is 1. The summed E-state index contributed by atoms with van der Waals surface area (Å²) >= 11 is 6.03. The molecular weight excluding hydrogens is 324 g/mol. The normalized spacial score (nSPS) is 19.7. The number of carboxylic acid groups (broad SMARTS) is 1. The maximum absolute atomic E-state index is 12.6. The molecule has 2 atom stereocenters. The minimum Gasteiger partial charge on any atom is -0.481 e. The first kappa shape index (κ1) is 14.9. The Morgan fingerprint density at radius 1 is 1.18 bits per heavy atom. The van der Waals surface area contributed by atoms with E-state index in [2.05, 4.69) is 0 Å². The molecule has 1 aliphatic rings. The molecule has 0 bridgehead atoms. The van der Waals surface area contributed by atoms with Crippen molar-refractivity contribution in [1.82, 2.24) is 0 Å². The van der Waals surface area contributed by atoms with Crippen LogP contribution in [-0.4, -0.2) is 26.8 Å². The summed E-state index contributed by atoms with van der Waals surface area (Å²) < 4.78 is 12.3. The molecule has 0 radical (unpaired) electrons. The van der Waals surface area contributed by atoms with Crippen molar-refractivity contribution in [1.29, 1.82) is 0 Å². The molecule has 0 saturated heterocycles. The van der Waals surface area contributed by atoms with Gasteiger partial charge in [0.2, 0.25) is 0 Å². The molecule has 112 valence electrons. The maximum Gasteiger partial charge on any atom is 0.311 e. The first-order valence-electron chi connectivity index (χ1n) is 6.53. The van der Waals surface area contributed by atoms with Gasteiger partial charge in [0.05, 0.1) is 21.6 Å². The standard InChI is InChI=1S/C16H11ClO4S/c17-10-6-11-13(16(19)20)8-22(21)15(11)12(7-10)14(18)9-4-2-1-3-5-9/h1-7,13H,8H2,(H,19,20)/t13-,22-/m1/s1. The zero-order valence-corrected chi connectivity index (χ0v) is 12.9. The zero-order valence-electron chi connectivity index (χ0n) is 11.3. The van der Waals surface area contributed by atoms with Gasteiger partial charge in [0, 0.05) is 21.9 Å². The topological polar surface area (TPSA) is 71.4 Å². The van der Waals surface area contributed by atoms with E-state index in [1.54, 1.807) is 30.3 Å². The Hall–Kier alpha value is -1.98. The predicted molar refractivity (Wildman–Crippen MR) is 83.0 cm³/mol. The smallest absolute Gasteiger partial charge is 0.311 e. The van der Waals surface area contributed by atoms with Crippen LogP contribution < -0.4 is 0 Å². The number of aliphatic carboxylic acids is 1. The summed E-state index contributed by atoms with van der Waals surface area (Å²) in [5.41, 5.74) is 1.04. The van der Waals surface area contributed by atoms with E-state index in [1.807, 2.05) is 0 Å². The van der Waals surface area contributed by atoms with Crippen molar-refractivity contribution in [3.63, 3.8) is 0 Å². The Kier molecular flexibility index (Phi) is 3.85. The van der Waals surface area contributed by atoms with Gasteiger partial charge < -0.3 is 5.11 Å². The van der Waals surface area contributed by atoms with Crippen LogP contribution in [0.4, 0.5) is 0 Å². The van der Waals surface area contributed by atoms with E-state index in [9.17, 15) is 18.9 Å². The molecule has 1 aliphatic heterocycles. The van der Waals surface area contributed by atoms with Crippen molar-refractivity contribution in [2.75, 3.05) is 5.75 Å². The SMILES string of the molecule is O=C(c1ccccc1)c1cc(Cl)cc2c1[S@](=O)C[C@H]2C(=O)O. The highest BCUT2D eigenvalue weighted by molar-refractivity contribution is 7.85. The lowest BCUT2D eigenvalue weighted by molar-refractivity contribution is -0.138. The van der Waals surface area contributed by atoms with E-state index in [0.717, 1.165) is 0 Å². The van der Waals surface area contributed by atoms with Gasteiger partial charge in [-0.05, 0) is 17.7 Å². The van der Waals surface area contributed by atoms with Crippen molar-refractivity contribution in [3.05, 3.63) is 64.2 Å². The second kappa shape index (κ2) is 5.66. The molecule has 0 fully saturated rings. The van der Waals surface area contributed by atoms with E-state index in [-0.39, 0.29) is 22.1 Å². The van der Waals surface area contributed by atoms with Crippen LogP contribution >= 0.6 is 11.6 Å². The summed E-state index contributed by atoms with van der Waals surface area (Å²) in [7, 11) is -1.52. The van der Waals surface area contributed by atoms with Crippen LogP contribution in [0.2, 0.25) is 5.02 Å². The number of hydrogen-bond acceptors (Lipinski definition) is 3. The Balaban J connectivity index is 2.19. The highest BCUT2D eigenvalue weighted by Gasteiger charge is 2.37. The first-order chi connectivity index (χ1) is 10.5. The number of rotatable bonds is 3. The Labute approximate surface area is 134 Å². The van der Waals surface area contributed by atoms with Crippen LogP contribution in [0, 0.1) is 0 Å². The fourth-order valence-electron chi connectivity index (χ4n) is 2.57. The molecular formula is C16H11ClO4S. The number of carboxylic acids is 1. The quantitative estimate of drug-likeness (QED) is 0.876. The first-order valence-corrected chi connectivity index (χ1v) is 8.23. The fraction of sp³-hybridized carbons (Fsp3) is 0.125. The van der Waals surface area contributed by atoms with E-state index < -0.39 is 22.7 Å². The zero-order chi connectivity index (χ0) is 15.9. The van der Waals surface area contributed by atoms with Crippen LogP contribution in [-0.2, 0) is 15.6 Å². The fourth-order valence-corrected chi connectivity index (χ4v) is 4.45. The third-order valence-corrected chi connectivity index (χ3v) is 5.35. The summed E-state index contributed by atoms with van der Waals surface area (Å²) in [6, 6.07) is 11.5. The molecule has 0 aromatic heterocycles. The number of carbonyl (C=O) groups is 2. The highest BCUT2D eigenvalue weighted by Crippen LogP contribution is 2.38. The average Bonchev–Trinajstić information content (AvgIpc) is 2.84. The molecule has 1 heterocycles. The Bertz CT molecular complexity index is 801. The molecule has 0 spiro atoms. The van der Waals surface area contributed by atoms with Gasteiger partial charge in [-0.3, -0.25) is 13.8 Å². The van der Waals surface area contributed by atoms with Crippen LogP contribution in [0.25, 0.3) is 0 Å². The predicted octanol–water partition coefficient (Wildman–Crippen LogP) is 2.86. The van der Waals surface area contributed by atoms with Crippen LogP contribution in [0.3, 0.4) is 0 Å². The van der Waals surface area contributed by atoms with Gasteiger partial charge in [0.1, 0.15) is 0 Å². The number of hydrogen-bond donors (Lipinski definition) is 1. The molecule has 2 aromatic carbocycles. The van der Waals surface area contributed by atoms with E-state index in [1.165, 1.54) is 12.1 Å². The molecule has 4 nitrogen and oxygen atoms in total. The number of benzene rings is 2. The van der Waals surface area contributed by atoms with Crippen LogP contribution in [0.5, 0.6) is 0 Å². The summed E-state index contributed by atoms with van der Waals surface area (Å²) in [4.78, 5) is 24.2. The number of ketones is 1. The largest absolute Gasteiger partial charge is 0.481 e. The molecule has 3 rings (SSSR count). The molecule has 6 heteroatoms. The van der Waals surface area contributed by atoms with Crippen LogP contribution in [0.1, 0.15) is 27.4 Å². The van der Waals surface area contributed by atoms with E-state index in [0.29, 0.717) is 16.0 Å². The number of fused-ring (bicyclic) bond motifs is 1. The van der Waals surface area contributed by atoms with Crippen molar-refractivity contribution < 1.29 is 18.9 Å². The van der Waals surface area contributed by atoms with Gasteiger partial charge in [0.25, 0.3) is 0 Å². The molecule has 0 unspecified atom stereocenters. The third-order valence-electron chi connectivity index (χ3n) is 3.58. The van der Waals surface area contributed by atoms with Gasteiger partial charge in [-0.1, -0.05) is 41.9 Å². The summed E-state index contributed by atoms with van der Waals surface area (Å²) in [6.07, 6.45) is 0. The van der Waals surface area contributed by atoms with Crippen molar-refractivity contribution in [2.45, 2.75) is 10.8 Å². The van der Waals surface area contributed by atoms with Gasteiger partial charge in [0.15, 0.2) is 5.78 Å². The molecule has 2 aromatic rings. The minimum atomic E-state index is -1.52. The lowest BCUT2D eigenvalue weighted by Gasteiger charge is -2.09. The monoisotopic (exact) mass is 334 g/mol.